The molecule has 0 amide bonds. The molecule has 1 unspecified atom stereocenters. The summed E-state index contributed by atoms with van der Waals surface area (Å²) in [5, 5.41) is 24.4. The predicted octanol–water partition coefficient (Wildman–Crippen LogP) is 2.59. The fourth-order valence-corrected chi connectivity index (χ4v) is 2.04. The SMILES string of the molecule is CC(C)CC(O)Cc1nc(-c2cccc([N+](=O)[O-])c2)no1. The third-order valence-corrected chi connectivity index (χ3v) is 2.94. The van der Waals surface area contributed by atoms with Gasteiger partial charge < -0.3 is 9.63 Å². The van der Waals surface area contributed by atoms with Crippen LogP contribution in [0.3, 0.4) is 0 Å². The number of nitrogens with zero attached hydrogens (tertiary/aromatic N) is 3. The van der Waals surface area contributed by atoms with Crippen molar-refractivity contribution in [3.8, 4) is 11.4 Å². The van der Waals surface area contributed by atoms with Crippen molar-refractivity contribution in [2.24, 2.45) is 5.92 Å². The lowest BCUT2D eigenvalue weighted by molar-refractivity contribution is -0.384. The molecule has 1 aromatic carbocycles. The van der Waals surface area contributed by atoms with Crippen LogP contribution in [0.15, 0.2) is 28.8 Å². The van der Waals surface area contributed by atoms with Gasteiger partial charge in [-0.15, -0.1) is 0 Å². The molecule has 0 fully saturated rings. The summed E-state index contributed by atoms with van der Waals surface area (Å²) in [5.41, 5.74) is 0.483. The maximum atomic E-state index is 10.7. The molecule has 7 nitrogen and oxygen atoms in total. The van der Waals surface area contributed by atoms with Crippen LogP contribution in [0.25, 0.3) is 11.4 Å². The van der Waals surface area contributed by atoms with E-state index in [1.165, 1.54) is 12.1 Å². The summed E-state index contributed by atoms with van der Waals surface area (Å²) in [7, 11) is 0. The molecule has 1 N–H and O–H groups in total. The fraction of sp³-hybridized carbons (Fsp3) is 0.429. The van der Waals surface area contributed by atoms with E-state index in [1.807, 2.05) is 13.8 Å². The van der Waals surface area contributed by atoms with Crippen molar-refractivity contribution in [1.82, 2.24) is 10.1 Å². The zero-order chi connectivity index (χ0) is 15.4. The average molecular weight is 291 g/mol. The second kappa shape index (κ2) is 6.45. The summed E-state index contributed by atoms with van der Waals surface area (Å²) < 4.78 is 5.08. The van der Waals surface area contributed by atoms with Crippen molar-refractivity contribution in [1.29, 1.82) is 0 Å². The quantitative estimate of drug-likeness (QED) is 0.648. The Bertz CT molecular complexity index is 624. The molecule has 1 atom stereocenters. The topological polar surface area (TPSA) is 102 Å². The minimum absolute atomic E-state index is 0.0290. The summed E-state index contributed by atoms with van der Waals surface area (Å²) >= 11 is 0. The van der Waals surface area contributed by atoms with E-state index in [9.17, 15) is 15.2 Å². The number of aliphatic hydroxyl groups is 1. The lowest BCUT2D eigenvalue weighted by Crippen LogP contribution is -2.13. The van der Waals surface area contributed by atoms with Crippen molar-refractivity contribution < 1.29 is 14.6 Å². The molecule has 0 saturated heterocycles. The Morgan fingerprint density at radius 1 is 1.43 bits per heavy atom. The molecule has 112 valence electrons. The maximum Gasteiger partial charge on any atom is 0.270 e. The van der Waals surface area contributed by atoms with Gasteiger partial charge in [0.05, 0.1) is 17.4 Å². The molecular formula is C14H17N3O4. The van der Waals surface area contributed by atoms with E-state index < -0.39 is 11.0 Å². The van der Waals surface area contributed by atoms with E-state index in [2.05, 4.69) is 10.1 Å². The largest absolute Gasteiger partial charge is 0.393 e. The minimum atomic E-state index is -0.539. The Morgan fingerprint density at radius 3 is 2.86 bits per heavy atom. The molecule has 0 bridgehead atoms. The van der Waals surface area contributed by atoms with Crippen molar-refractivity contribution in [3.63, 3.8) is 0 Å². The number of benzene rings is 1. The lowest BCUT2D eigenvalue weighted by Gasteiger charge is -2.09. The predicted molar refractivity (Wildman–Crippen MR) is 75.6 cm³/mol. The first-order valence-corrected chi connectivity index (χ1v) is 6.71. The molecule has 7 heteroatoms. The molecule has 2 aromatic rings. The Balaban J connectivity index is 2.12. The molecule has 0 aliphatic carbocycles. The second-order valence-corrected chi connectivity index (χ2v) is 5.31. The van der Waals surface area contributed by atoms with E-state index in [0.717, 1.165) is 0 Å². The molecule has 0 aliphatic rings. The molecule has 0 saturated carbocycles. The van der Waals surface area contributed by atoms with Crippen LogP contribution < -0.4 is 0 Å². The normalized spacial score (nSPS) is 12.6. The van der Waals surface area contributed by atoms with Gasteiger partial charge in [0.15, 0.2) is 0 Å². The van der Waals surface area contributed by atoms with E-state index in [4.69, 9.17) is 4.52 Å². The van der Waals surface area contributed by atoms with Gasteiger partial charge in [-0.3, -0.25) is 10.1 Å². The van der Waals surface area contributed by atoms with Crippen LogP contribution in [0.1, 0.15) is 26.2 Å². The second-order valence-electron chi connectivity index (χ2n) is 5.31. The van der Waals surface area contributed by atoms with Crippen LogP contribution in [0.4, 0.5) is 5.69 Å². The van der Waals surface area contributed by atoms with E-state index in [-0.39, 0.29) is 17.9 Å². The summed E-state index contributed by atoms with van der Waals surface area (Å²) in [6, 6.07) is 6.03. The number of nitro benzene ring substituents is 1. The van der Waals surface area contributed by atoms with E-state index in [1.54, 1.807) is 12.1 Å². The summed E-state index contributed by atoms with van der Waals surface area (Å²) in [4.78, 5) is 14.4. The zero-order valence-corrected chi connectivity index (χ0v) is 11.9. The third kappa shape index (κ3) is 4.09. The average Bonchev–Trinajstić information content (AvgIpc) is 2.86. The van der Waals surface area contributed by atoms with Gasteiger partial charge in [-0.1, -0.05) is 31.1 Å². The highest BCUT2D eigenvalue weighted by atomic mass is 16.6. The molecule has 0 radical (unpaired) electrons. The molecule has 0 spiro atoms. The molecule has 2 rings (SSSR count). The van der Waals surface area contributed by atoms with Crippen molar-refractivity contribution in [2.45, 2.75) is 32.8 Å². The first kappa shape index (κ1) is 15.1. The van der Waals surface area contributed by atoms with Gasteiger partial charge >= 0.3 is 0 Å². The monoisotopic (exact) mass is 291 g/mol. The number of aromatic nitrogens is 2. The number of aliphatic hydroxyl groups excluding tert-OH is 1. The number of hydrogen-bond acceptors (Lipinski definition) is 6. The van der Waals surface area contributed by atoms with Gasteiger partial charge in [0, 0.05) is 17.7 Å². The van der Waals surface area contributed by atoms with E-state index in [0.29, 0.717) is 23.8 Å². The zero-order valence-electron chi connectivity index (χ0n) is 11.9. The third-order valence-electron chi connectivity index (χ3n) is 2.94. The first-order valence-electron chi connectivity index (χ1n) is 6.71. The first-order chi connectivity index (χ1) is 9.95. The van der Waals surface area contributed by atoms with Crippen LogP contribution in [-0.2, 0) is 6.42 Å². The minimum Gasteiger partial charge on any atom is -0.393 e. The van der Waals surface area contributed by atoms with Gasteiger partial charge in [-0.25, -0.2) is 0 Å². The van der Waals surface area contributed by atoms with Gasteiger partial charge in [-0.2, -0.15) is 4.98 Å². The molecule has 21 heavy (non-hydrogen) atoms. The number of nitro groups is 1. The van der Waals surface area contributed by atoms with Crippen molar-refractivity contribution >= 4 is 5.69 Å². The van der Waals surface area contributed by atoms with Crippen LogP contribution >= 0.6 is 0 Å². The number of hydrogen-bond donors (Lipinski definition) is 1. The highest BCUT2D eigenvalue weighted by Gasteiger charge is 2.16. The van der Waals surface area contributed by atoms with Crippen LogP contribution in [0.5, 0.6) is 0 Å². The van der Waals surface area contributed by atoms with Crippen LogP contribution in [0, 0.1) is 16.0 Å². The highest BCUT2D eigenvalue weighted by molar-refractivity contribution is 5.58. The summed E-state index contributed by atoms with van der Waals surface area (Å²) in [6.07, 6.45) is 0.387. The van der Waals surface area contributed by atoms with Crippen molar-refractivity contribution in [2.75, 3.05) is 0 Å². The number of non-ortho nitro benzene ring substituents is 1. The van der Waals surface area contributed by atoms with Gasteiger partial charge in [0.1, 0.15) is 0 Å². The van der Waals surface area contributed by atoms with Crippen LogP contribution in [-0.4, -0.2) is 26.3 Å². The van der Waals surface area contributed by atoms with Crippen molar-refractivity contribution in [3.05, 3.63) is 40.3 Å². The smallest absolute Gasteiger partial charge is 0.270 e. The van der Waals surface area contributed by atoms with Gasteiger partial charge in [0.25, 0.3) is 5.69 Å². The molecule has 0 aliphatic heterocycles. The molecule has 1 aromatic heterocycles. The standard InChI is InChI=1S/C14H17N3O4/c1-9(2)6-12(18)8-13-15-14(16-21-13)10-4-3-5-11(7-10)17(19)20/h3-5,7,9,12,18H,6,8H2,1-2H3. The fourth-order valence-electron chi connectivity index (χ4n) is 2.04. The Hall–Kier alpha value is -2.28. The van der Waals surface area contributed by atoms with Gasteiger partial charge in [-0.05, 0) is 12.3 Å². The summed E-state index contributed by atoms with van der Waals surface area (Å²) in [6.45, 7) is 4.04. The molecular weight excluding hydrogens is 274 g/mol. The van der Waals surface area contributed by atoms with E-state index >= 15 is 0 Å². The Kier molecular flexibility index (Phi) is 4.64. The summed E-state index contributed by atoms with van der Waals surface area (Å²) in [5.74, 6) is 0.981. The lowest BCUT2D eigenvalue weighted by atomic mass is 10.0. The number of rotatable bonds is 6. The Labute approximate surface area is 121 Å². The highest BCUT2D eigenvalue weighted by Crippen LogP contribution is 2.21. The molecule has 1 heterocycles. The van der Waals surface area contributed by atoms with Crippen LogP contribution in [0.2, 0.25) is 0 Å². The maximum absolute atomic E-state index is 10.7. The van der Waals surface area contributed by atoms with Gasteiger partial charge in [0.2, 0.25) is 11.7 Å². The Morgan fingerprint density at radius 2 is 2.19 bits per heavy atom.